The van der Waals surface area contributed by atoms with E-state index in [0.717, 1.165) is 37.2 Å². The van der Waals surface area contributed by atoms with Crippen LogP contribution in [0.3, 0.4) is 0 Å². The maximum atomic E-state index is 6.05. The van der Waals surface area contributed by atoms with Gasteiger partial charge in [-0.05, 0) is 31.0 Å². The molecule has 1 aromatic rings. The van der Waals surface area contributed by atoms with E-state index in [4.69, 9.17) is 17.4 Å². The fourth-order valence-electron chi connectivity index (χ4n) is 2.44. The first-order valence-corrected chi connectivity index (χ1v) is 7.44. The molecule has 108 valence electrons. The van der Waals surface area contributed by atoms with Crippen molar-refractivity contribution in [1.29, 1.82) is 0 Å². The van der Waals surface area contributed by atoms with Crippen molar-refractivity contribution in [3.05, 3.63) is 29.3 Å². The molecule has 3 rings (SSSR count). The molecule has 5 nitrogen and oxygen atoms in total. The highest BCUT2D eigenvalue weighted by atomic mass is 35.5. The van der Waals surface area contributed by atoms with Crippen LogP contribution < -0.4 is 16.2 Å². The van der Waals surface area contributed by atoms with Gasteiger partial charge in [0, 0.05) is 36.9 Å². The fraction of sp³-hybridized carbons (Fsp3) is 0.500. The molecule has 0 amide bonds. The first-order valence-electron chi connectivity index (χ1n) is 7.06. The SMILES string of the molecule is NNC(=NC1CC1)N1CCN(c2cccc(Cl)c2)CC1. The highest BCUT2D eigenvalue weighted by Crippen LogP contribution is 2.24. The zero-order valence-electron chi connectivity index (χ0n) is 11.4. The van der Waals surface area contributed by atoms with E-state index >= 15 is 0 Å². The Bertz CT molecular complexity index is 492. The van der Waals surface area contributed by atoms with Gasteiger partial charge in [-0.15, -0.1) is 0 Å². The number of nitrogens with zero attached hydrogens (tertiary/aromatic N) is 3. The van der Waals surface area contributed by atoms with Gasteiger partial charge in [-0.25, -0.2) is 10.8 Å². The van der Waals surface area contributed by atoms with Crippen molar-refractivity contribution in [1.82, 2.24) is 10.3 Å². The third-order valence-electron chi connectivity index (χ3n) is 3.73. The lowest BCUT2D eigenvalue weighted by Crippen LogP contribution is -2.54. The second-order valence-corrected chi connectivity index (χ2v) is 5.72. The summed E-state index contributed by atoms with van der Waals surface area (Å²) >= 11 is 6.05. The second-order valence-electron chi connectivity index (χ2n) is 5.28. The number of hydrogen-bond donors (Lipinski definition) is 2. The average molecular weight is 294 g/mol. The normalized spacial score (nSPS) is 20.2. The van der Waals surface area contributed by atoms with Crippen LogP contribution in [0.4, 0.5) is 5.69 Å². The molecule has 3 N–H and O–H groups in total. The molecule has 0 spiro atoms. The summed E-state index contributed by atoms with van der Waals surface area (Å²) in [5.74, 6) is 6.42. The largest absolute Gasteiger partial charge is 0.368 e. The molecule has 6 heteroatoms. The number of piperazine rings is 1. The smallest absolute Gasteiger partial charge is 0.208 e. The van der Waals surface area contributed by atoms with Gasteiger partial charge in [-0.2, -0.15) is 0 Å². The Morgan fingerprint density at radius 3 is 2.60 bits per heavy atom. The van der Waals surface area contributed by atoms with Gasteiger partial charge in [0.25, 0.3) is 0 Å². The predicted octanol–water partition coefficient (Wildman–Crippen LogP) is 1.44. The number of aliphatic imine (C=N–C) groups is 1. The summed E-state index contributed by atoms with van der Waals surface area (Å²) in [6.07, 6.45) is 2.38. The summed E-state index contributed by atoms with van der Waals surface area (Å²) in [7, 11) is 0. The Morgan fingerprint density at radius 1 is 1.25 bits per heavy atom. The third-order valence-corrected chi connectivity index (χ3v) is 3.97. The second kappa shape index (κ2) is 5.89. The van der Waals surface area contributed by atoms with Crippen LogP contribution in [0.25, 0.3) is 0 Å². The van der Waals surface area contributed by atoms with Crippen molar-refractivity contribution in [3.8, 4) is 0 Å². The molecule has 0 bridgehead atoms. The molecule has 2 aliphatic rings. The first-order chi connectivity index (χ1) is 9.76. The molecule has 1 saturated carbocycles. The predicted molar refractivity (Wildman–Crippen MR) is 83.0 cm³/mol. The molecule has 20 heavy (non-hydrogen) atoms. The van der Waals surface area contributed by atoms with E-state index in [9.17, 15) is 0 Å². The summed E-state index contributed by atoms with van der Waals surface area (Å²) in [5.41, 5.74) is 3.92. The van der Waals surface area contributed by atoms with E-state index in [2.05, 4.69) is 26.3 Å². The fourth-order valence-corrected chi connectivity index (χ4v) is 2.62. The molecule has 0 radical (unpaired) electrons. The molecular weight excluding hydrogens is 274 g/mol. The highest BCUT2D eigenvalue weighted by molar-refractivity contribution is 6.30. The van der Waals surface area contributed by atoms with E-state index in [1.54, 1.807) is 0 Å². The zero-order valence-corrected chi connectivity index (χ0v) is 12.2. The standard InChI is InChI=1S/C14H20ClN5/c15-11-2-1-3-13(10-11)19-6-8-20(9-7-19)14(18-16)17-12-4-5-12/h1-3,10,12H,4-9,16H2,(H,17,18). The Labute approximate surface area is 124 Å². The van der Waals surface area contributed by atoms with Crippen LogP contribution in [0.15, 0.2) is 29.3 Å². The van der Waals surface area contributed by atoms with Crippen LogP contribution in [0.2, 0.25) is 5.02 Å². The van der Waals surface area contributed by atoms with Gasteiger partial charge >= 0.3 is 0 Å². The van der Waals surface area contributed by atoms with E-state index in [1.807, 2.05) is 18.2 Å². The van der Waals surface area contributed by atoms with Crippen LogP contribution in [0.1, 0.15) is 12.8 Å². The average Bonchev–Trinajstić information content (AvgIpc) is 3.29. The van der Waals surface area contributed by atoms with Crippen molar-refractivity contribution in [3.63, 3.8) is 0 Å². The van der Waals surface area contributed by atoms with Gasteiger partial charge < -0.3 is 9.80 Å². The molecular formula is C14H20ClN5. The summed E-state index contributed by atoms with van der Waals surface area (Å²) in [6, 6.07) is 8.48. The lowest BCUT2D eigenvalue weighted by molar-refractivity contribution is 0.372. The number of nitrogens with two attached hydrogens (primary N) is 1. The Balaban J connectivity index is 1.61. The van der Waals surface area contributed by atoms with E-state index in [0.29, 0.717) is 6.04 Å². The Hall–Kier alpha value is -1.46. The first kappa shape index (κ1) is 13.5. The number of rotatable bonds is 2. The Kier molecular flexibility index (Phi) is 3.98. The number of nitrogens with one attached hydrogen (secondary N) is 1. The number of benzene rings is 1. The maximum absolute atomic E-state index is 6.05. The minimum atomic E-state index is 0.479. The lowest BCUT2D eigenvalue weighted by Gasteiger charge is -2.37. The minimum Gasteiger partial charge on any atom is -0.368 e. The number of anilines is 1. The van der Waals surface area contributed by atoms with Gasteiger partial charge in [0.1, 0.15) is 0 Å². The molecule has 2 fully saturated rings. The van der Waals surface area contributed by atoms with Crippen molar-refractivity contribution in [2.75, 3.05) is 31.1 Å². The van der Waals surface area contributed by atoms with Gasteiger partial charge in [0.05, 0.1) is 6.04 Å². The van der Waals surface area contributed by atoms with E-state index < -0.39 is 0 Å². The van der Waals surface area contributed by atoms with Crippen molar-refractivity contribution in [2.45, 2.75) is 18.9 Å². The maximum Gasteiger partial charge on any atom is 0.208 e. The quantitative estimate of drug-likeness (QED) is 0.375. The highest BCUT2D eigenvalue weighted by Gasteiger charge is 2.24. The molecule has 1 aromatic carbocycles. The van der Waals surface area contributed by atoms with Gasteiger partial charge in [-0.1, -0.05) is 17.7 Å². The summed E-state index contributed by atoms with van der Waals surface area (Å²) < 4.78 is 0. The van der Waals surface area contributed by atoms with Gasteiger partial charge in [0.15, 0.2) is 0 Å². The van der Waals surface area contributed by atoms with Crippen LogP contribution in [0, 0.1) is 0 Å². The molecule has 1 saturated heterocycles. The van der Waals surface area contributed by atoms with E-state index in [1.165, 1.54) is 18.5 Å². The molecule has 0 atom stereocenters. The molecule has 0 aromatic heterocycles. The number of halogens is 1. The zero-order chi connectivity index (χ0) is 13.9. The van der Waals surface area contributed by atoms with Crippen LogP contribution >= 0.6 is 11.6 Å². The van der Waals surface area contributed by atoms with Gasteiger partial charge in [-0.3, -0.25) is 5.43 Å². The number of hydrazine groups is 1. The van der Waals surface area contributed by atoms with Gasteiger partial charge in [0.2, 0.25) is 5.96 Å². The number of guanidine groups is 1. The van der Waals surface area contributed by atoms with Crippen LogP contribution in [-0.4, -0.2) is 43.1 Å². The minimum absolute atomic E-state index is 0.479. The lowest BCUT2D eigenvalue weighted by atomic mass is 10.2. The van der Waals surface area contributed by atoms with Crippen LogP contribution in [-0.2, 0) is 0 Å². The summed E-state index contributed by atoms with van der Waals surface area (Å²) in [4.78, 5) is 9.17. The van der Waals surface area contributed by atoms with Crippen molar-refractivity contribution >= 4 is 23.2 Å². The molecule has 1 aliphatic heterocycles. The third kappa shape index (κ3) is 3.16. The summed E-state index contributed by atoms with van der Waals surface area (Å²) in [5, 5.41) is 0.782. The molecule has 0 unspecified atom stereocenters. The Morgan fingerprint density at radius 2 is 2.00 bits per heavy atom. The van der Waals surface area contributed by atoms with Crippen molar-refractivity contribution in [2.24, 2.45) is 10.8 Å². The summed E-state index contributed by atoms with van der Waals surface area (Å²) in [6.45, 7) is 3.74. The monoisotopic (exact) mass is 293 g/mol. The van der Waals surface area contributed by atoms with Crippen molar-refractivity contribution < 1.29 is 0 Å². The number of hydrogen-bond acceptors (Lipinski definition) is 3. The molecule has 1 aliphatic carbocycles. The topological polar surface area (TPSA) is 56.9 Å². The molecule has 1 heterocycles. The van der Waals surface area contributed by atoms with Crippen LogP contribution in [0.5, 0.6) is 0 Å². The van der Waals surface area contributed by atoms with E-state index in [-0.39, 0.29) is 0 Å².